The average molecular weight is 291 g/mol. The van der Waals surface area contributed by atoms with Gasteiger partial charge >= 0.3 is 0 Å². The van der Waals surface area contributed by atoms with Gasteiger partial charge in [-0.2, -0.15) is 0 Å². The van der Waals surface area contributed by atoms with Crippen LogP contribution in [0.1, 0.15) is 56.1 Å². The van der Waals surface area contributed by atoms with Crippen LogP contribution in [0, 0.1) is 0 Å². The molecule has 1 aliphatic carbocycles. The van der Waals surface area contributed by atoms with Gasteiger partial charge in [-0.05, 0) is 31.4 Å². The number of aromatic nitrogens is 1. The molecule has 1 amide bonds. The third-order valence-electron chi connectivity index (χ3n) is 3.95. The smallest absolute Gasteiger partial charge is 0.251 e. The zero-order valence-corrected chi connectivity index (χ0v) is 13.3. The quantitative estimate of drug-likeness (QED) is 0.895. The van der Waals surface area contributed by atoms with Crippen LogP contribution in [0.3, 0.4) is 0 Å². The lowest BCUT2D eigenvalue weighted by molar-refractivity contribution is 0.0722. The van der Waals surface area contributed by atoms with E-state index in [1.54, 1.807) is 13.2 Å². The Balaban J connectivity index is 2.17. The minimum atomic E-state index is -0.146. The fourth-order valence-electron chi connectivity index (χ4n) is 2.69. The molecular weight excluding hydrogens is 266 g/mol. The number of methoxy groups -OCH3 is 1. The highest BCUT2D eigenvalue weighted by molar-refractivity contribution is 5.95. The maximum atomic E-state index is 12.4. The summed E-state index contributed by atoms with van der Waals surface area (Å²) in [5, 5.41) is 3.05. The summed E-state index contributed by atoms with van der Waals surface area (Å²) in [6.07, 6.45) is 3.13. The molecule has 1 aromatic heterocycles. The van der Waals surface area contributed by atoms with Gasteiger partial charge in [-0.1, -0.05) is 20.8 Å². The third kappa shape index (κ3) is 3.73. The Morgan fingerprint density at radius 1 is 1.38 bits per heavy atom. The summed E-state index contributed by atoms with van der Waals surface area (Å²) < 4.78 is 5.41. The second-order valence-electron chi connectivity index (χ2n) is 6.70. The molecule has 0 aliphatic heterocycles. The highest BCUT2D eigenvalue weighted by atomic mass is 16.5. The van der Waals surface area contributed by atoms with Crippen molar-refractivity contribution in [3.05, 3.63) is 23.4 Å². The number of ether oxygens (including phenoxy) is 1. The molecule has 0 radical (unpaired) electrons. The first-order valence-electron chi connectivity index (χ1n) is 7.43. The largest absolute Gasteiger partial charge is 0.384 e. The second-order valence-corrected chi connectivity index (χ2v) is 6.70. The molecule has 0 bridgehead atoms. The first kappa shape index (κ1) is 15.8. The van der Waals surface area contributed by atoms with Crippen molar-refractivity contribution < 1.29 is 9.53 Å². The Kier molecular flexibility index (Phi) is 4.52. The average Bonchev–Trinajstić information content (AvgIpc) is 2.84. The van der Waals surface area contributed by atoms with E-state index in [0.29, 0.717) is 11.4 Å². The predicted octanol–water partition coefficient (Wildman–Crippen LogP) is 2.26. The van der Waals surface area contributed by atoms with Crippen LogP contribution in [0.25, 0.3) is 0 Å². The zero-order valence-electron chi connectivity index (χ0n) is 13.3. The van der Waals surface area contributed by atoms with E-state index in [9.17, 15) is 4.79 Å². The molecule has 0 aromatic carbocycles. The molecule has 2 atom stereocenters. The first-order valence-corrected chi connectivity index (χ1v) is 7.43. The molecule has 21 heavy (non-hydrogen) atoms. The Morgan fingerprint density at radius 2 is 2.10 bits per heavy atom. The maximum Gasteiger partial charge on any atom is 0.251 e. The van der Waals surface area contributed by atoms with Crippen molar-refractivity contribution in [2.24, 2.45) is 0 Å². The third-order valence-corrected chi connectivity index (χ3v) is 3.95. The van der Waals surface area contributed by atoms with Crippen LogP contribution in [-0.2, 0) is 10.2 Å². The molecule has 2 unspecified atom stereocenters. The molecule has 1 aromatic rings. The fourth-order valence-corrected chi connectivity index (χ4v) is 2.69. The van der Waals surface area contributed by atoms with Crippen molar-refractivity contribution in [2.75, 3.05) is 12.8 Å². The highest BCUT2D eigenvalue weighted by Crippen LogP contribution is 2.24. The van der Waals surface area contributed by atoms with Crippen LogP contribution in [-0.4, -0.2) is 30.1 Å². The summed E-state index contributed by atoms with van der Waals surface area (Å²) in [7, 11) is 1.69. The Labute approximate surface area is 126 Å². The predicted molar refractivity (Wildman–Crippen MR) is 83.3 cm³/mol. The van der Waals surface area contributed by atoms with Crippen LogP contribution in [0.2, 0.25) is 0 Å². The summed E-state index contributed by atoms with van der Waals surface area (Å²) in [4.78, 5) is 16.8. The van der Waals surface area contributed by atoms with Gasteiger partial charge in [-0.15, -0.1) is 0 Å². The molecule has 1 aliphatic rings. The van der Waals surface area contributed by atoms with E-state index in [4.69, 9.17) is 10.5 Å². The molecule has 1 heterocycles. The maximum absolute atomic E-state index is 12.4. The molecule has 0 spiro atoms. The molecule has 1 fully saturated rings. The number of carbonyl (C=O) groups is 1. The van der Waals surface area contributed by atoms with Crippen LogP contribution < -0.4 is 11.1 Å². The van der Waals surface area contributed by atoms with E-state index in [-0.39, 0.29) is 23.5 Å². The molecule has 5 heteroatoms. The van der Waals surface area contributed by atoms with E-state index in [0.717, 1.165) is 25.0 Å². The zero-order chi connectivity index (χ0) is 15.6. The SMILES string of the molecule is COC1CCCC1NC(=O)c1cc(N)nc(C(C)(C)C)c1. The molecule has 116 valence electrons. The van der Waals surface area contributed by atoms with Crippen molar-refractivity contribution in [1.82, 2.24) is 10.3 Å². The number of nitrogen functional groups attached to an aromatic ring is 1. The van der Waals surface area contributed by atoms with Gasteiger partial charge in [0.1, 0.15) is 5.82 Å². The van der Waals surface area contributed by atoms with Gasteiger partial charge in [-0.3, -0.25) is 4.79 Å². The van der Waals surface area contributed by atoms with Gasteiger partial charge in [-0.25, -0.2) is 4.98 Å². The lowest BCUT2D eigenvalue weighted by Gasteiger charge is -2.21. The summed E-state index contributed by atoms with van der Waals surface area (Å²) in [5.41, 5.74) is 7.08. The lowest BCUT2D eigenvalue weighted by Crippen LogP contribution is -2.40. The molecule has 2 rings (SSSR count). The number of pyridine rings is 1. The molecule has 1 saturated carbocycles. The van der Waals surface area contributed by atoms with Gasteiger partial charge in [0, 0.05) is 23.8 Å². The van der Waals surface area contributed by atoms with Crippen molar-refractivity contribution in [3.8, 4) is 0 Å². The number of anilines is 1. The Hall–Kier alpha value is -1.62. The van der Waals surface area contributed by atoms with Gasteiger partial charge in [0.2, 0.25) is 0 Å². The first-order chi connectivity index (χ1) is 9.81. The number of nitrogens with two attached hydrogens (primary N) is 1. The fraction of sp³-hybridized carbons (Fsp3) is 0.625. The molecule has 5 nitrogen and oxygen atoms in total. The second kappa shape index (κ2) is 6.02. The van der Waals surface area contributed by atoms with Crippen LogP contribution >= 0.6 is 0 Å². The van der Waals surface area contributed by atoms with E-state index < -0.39 is 0 Å². The van der Waals surface area contributed by atoms with Gasteiger partial charge < -0.3 is 15.8 Å². The number of rotatable bonds is 3. The standard InChI is InChI=1S/C16H25N3O2/c1-16(2,3)13-8-10(9-14(17)19-13)15(20)18-11-6-5-7-12(11)21-4/h8-9,11-12H,5-7H2,1-4H3,(H2,17,19)(H,18,20). The van der Waals surface area contributed by atoms with Crippen molar-refractivity contribution in [3.63, 3.8) is 0 Å². The summed E-state index contributed by atoms with van der Waals surface area (Å²) >= 11 is 0. The van der Waals surface area contributed by atoms with Gasteiger partial charge in [0.15, 0.2) is 0 Å². The molecule has 3 N–H and O–H groups in total. The Morgan fingerprint density at radius 3 is 2.71 bits per heavy atom. The summed E-state index contributed by atoms with van der Waals surface area (Å²) in [5.74, 6) is 0.269. The summed E-state index contributed by atoms with van der Waals surface area (Å²) in [6.45, 7) is 6.15. The molecule has 0 saturated heterocycles. The number of nitrogens with one attached hydrogen (secondary N) is 1. The monoisotopic (exact) mass is 291 g/mol. The van der Waals surface area contributed by atoms with E-state index in [1.165, 1.54) is 0 Å². The van der Waals surface area contributed by atoms with Crippen LogP contribution in [0.4, 0.5) is 5.82 Å². The van der Waals surface area contributed by atoms with E-state index >= 15 is 0 Å². The number of amides is 1. The van der Waals surface area contributed by atoms with E-state index in [2.05, 4.69) is 10.3 Å². The minimum absolute atomic E-state index is 0.0787. The minimum Gasteiger partial charge on any atom is -0.384 e. The molecular formula is C16H25N3O2. The Bertz CT molecular complexity index is 523. The number of nitrogens with zero attached hydrogens (tertiary/aromatic N) is 1. The van der Waals surface area contributed by atoms with Crippen molar-refractivity contribution >= 4 is 11.7 Å². The van der Waals surface area contributed by atoms with E-state index in [1.807, 2.05) is 26.8 Å². The normalized spacial score (nSPS) is 22.3. The number of carbonyl (C=O) groups excluding carboxylic acids is 1. The summed E-state index contributed by atoms with van der Waals surface area (Å²) in [6, 6.07) is 3.53. The highest BCUT2D eigenvalue weighted by Gasteiger charge is 2.29. The van der Waals surface area contributed by atoms with Gasteiger partial charge in [0.05, 0.1) is 12.1 Å². The topological polar surface area (TPSA) is 77.2 Å². The van der Waals surface area contributed by atoms with Crippen molar-refractivity contribution in [2.45, 2.75) is 57.6 Å². The van der Waals surface area contributed by atoms with Gasteiger partial charge in [0.25, 0.3) is 5.91 Å². The lowest BCUT2D eigenvalue weighted by atomic mass is 9.90. The van der Waals surface area contributed by atoms with Crippen LogP contribution in [0.5, 0.6) is 0 Å². The number of hydrogen-bond acceptors (Lipinski definition) is 4. The van der Waals surface area contributed by atoms with Crippen LogP contribution in [0.15, 0.2) is 12.1 Å². The number of hydrogen-bond donors (Lipinski definition) is 2. The van der Waals surface area contributed by atoms with Crippen molar-refractivity contribution in [1.29, 1.82) is 0 Å².